The second-order valence-corrected chi connectivity index (χ2v) is 6.62. The number of rotatable bonds is 4. The van der Waals surface area contributed by atoms with E-state index in [0.717, 1.165) is 18.9 Å². The number of ether oxygens (including phenoxy) is 1. The number of nitrogens with two attached hydrogens (primary N) is 1. The summed E-state index contributed by atoms with van der Waals surface area (Å²) in [7, 11) is 1.42. The van der Waals surface area contributed by atoms with Crippen LogP contribution in [0.15, 0.2) is 17.1 Å². The van der Waals surface area contributed by atoms with Gasteiger partial charge in [0.15, 0.2) is 11.6 Å². The number of anilines is 1. The number of methoxy groups -OCH3 is 1. The van der Waals surface area contributed by atoms with Crippen LogP contribution in [-0.2, 0) is 0 Å². The summed E-state index contributed by atoms with van der Waals surface area (Å²) >= 11 is 0. The maximum atomic E-state index is 14.8. The van der Waals surface area contributed by atoms with Gasteiger partial charge in [0.05, 0.1) is 18.0 Å². The van der Waals surface area contributed by atoms with Crippen molar-refractivity contribution in [1.29, 1.82) is 0 Å². The number of pyridine rings is 1. The number of nitrogens with zero attached hydrogens (tertiary/aromatic N) is 2. The number of aromatic nitrogens is 1. The third kappa shape index (κ3) is 2.60. The minimum absolute atomic E-state index is 0. The number of hydrogen-bond acceptors (Lipinski definition) is 5. The second-order valence-electron chi connectivity index (χ2n) is 6.62. The molecular weight excluding hydrogens is 345 g/mol. The SMILES string of the molecule is COc1c(N2CC(N)C2)c(F)cc2c(=O)c(C(=O)O)cn(C3CC3)c12.O. The minimum atomic E-state index is -1.32. The number of hydrogen-bond donors (Lipinski definition) is 2. The van der Waals surface area contributed by atoms with E-state index < -0.39 is 17.2 Å². The van der Waals surface area contributed by atoms with E-state index in [9.17, 15) is 19.1 Å². The molecule has 140 valence electrons. The number of fused-ring (bicyclic) bond motifs is 1. The quantitative estimate of drug-likeness (QED) is 0.812. The van der Waals surface area contributed by atoms with Gasteiger partial charge in [-0.2, -0.15) is 0 Å². The summed E-state index contributed by atoms with van der Waals surface area (Å²) in [5, 5.41) is 9.33. The lowest BCUT2D eigenvalue weighted by molar-refractivity contribution is 0.0695. The fraction of sp³-hybridized carbons (Fsp3) is 0.412. The molecule has 0 spiro atoms. The van der Waals surface area contributed by atoms with E-state index in [0.29, 0.717) is 18.6 Å². The normalized spacial score (nSPS) is 17.0. The largest absolute Gasteiger partial charge is 0.492 e. The van der Waals surface area contributed by atoms with Gasteiger partial charge in [0.25, 0.3) is 0 Å². The van der Waals surface area contributed by atoms with Gasteiger partial charge in [-0.25, -0.2) is 9.18 Å². The zero-order valence-electron chi connectivity index (χ0n) is 14.2. The Morgan fingerprint density at radius 1 is 1.38 bits per heavy atom. The van der Waals surface area contributed by atoms with Crippen molar-refractivity contribution in [3.8, 4) is 5.75 Å². The van der Waals surface area contributed by atoms with Crippen molar-refractivity contribution in [3.63, 3.8) is 0 Å². The van der Waals surface area contributed by atoms with Crippen molar-refractivity contribution in [2.75, 3.05) is 25.1 Å². The average Bonchev–Trinajstić information content (AvgIpc) is 3.36. The Morgan fingerprint density at radius 3 is 2.54 bits per heavy atom. The number of halogens is 1. The molecule has 9 heteroatoms. The minimum Gasteiger partial charge on any atom is -0.492 e. The van der Waals surface area contributed by atoms with Gasteiger partial charge in [-0.3, -0.25) is 4.79 Å². The first-order valence-electron chi connectivity index (χ1n) is 8.11. The van der Waals surface area contributed by atoms with Crippen molar-refractivity contribution >= 4 is 22.6 Å². The highest BCUT2D eigenvalue weighted by atomic mass is 19.1. The fourth-order valence-corrected chi connectivity index (χ4v) is 3.42. The van der Waals surface area contributed by atoms with Crippen molar-refractivity contribution in [2.24, 2.45) is 5.73 Å². The van der Waals surface area contributed by atoms with Crippen LogP contribution in [0, 0.1) is 5.82 Å². The topological polar surface area (TPSA) is 129 Å². The molecule has 0 radical (unpaired) electrons. The molecule has 2 aromatic rings. The molecule has 4 rings (SSSR count). The summed E-state index contributed by atoms with van der Waals surface area (Å²) in [4.78, 5) is 25.7. The molecule has 0 amide bonds. The van der Waals surface area contributed by atoms with Gasteiger partial charge >= 0.3 is 5.97 Å². The molecule has 2 fully saturated rings. The van der Waals surface area contributed by atoms with E-state index in [-0.39, 0.29) is 39.9 Å². The molecule has 5 N–H and O–H groups in total. The average molecular weight is 365 g/mol. The van der Waals surface area contributed by atoms with Crippen molar-refractivity contribution < 1.29 is 24.5 Å². The number of carboxylic acids is 1. The molecule has 0 atom stereocenters. The number of aromatic carboxylic acids is 1. The zero-order valence-corrected chi connectivity index (χ0v) is 14.2. The molecule has 0 bridgehead atoms. The van der Waals surface area contributed by atoms with Crippen LogP contribution < -0.4 is 20.8 Å². The van der Waals surface area contributed by atoms with Gasteiger partial charge < -0.3 is 30.5 Å². The molecule has 1 aliphatic carbocycles. The number of benzene rings is 1. The Labute approximate surface area is 147 Å². The summed E-state index contributed by atoms with van der Waals surface area (Å²) in [6.07, 6.45) is 3.10. The van der Waals surface area contributed by atoms with Crippen LogP contribution in [0.2, 0.25) is 0 Å². The maximum Gasteiger partial charge on any atom is 0.341 e. The third-order valence-electron chi connectivity index (χ3n) is 4.80. The van der Waals surface area contributed by atoms with Crippen molar-refractivity contribution in [2.45, 2.75) is 24.9 Å². The standard InChI is InChI=1S/C17H18FN3O4.H2O/c1-25-16-13-10(4-12(18)14(16)20-5-8(19)6-20)15(22)11(17(23)24)7-21(13)9-2-3-9;/h4,7-9H,2-3,5-6,19H2,1H3,(H,23,24);1H2. The van der Waals surface area contributed by atoms with E-state index >= 15 is 0 Å². The van der Waals surface area contributed by atoms with Gasteiger partial charge in [-0.15, -0.1) is 0 Å². The lowest BCUT2D eigenvalue weighted by atomic mass is 10.0. The Hall–Kier alpha value is -2.65. The predicted molar refractivity (Wildman–Crippen MR) is 93.8 cm³/mol. The van der Waals surface area contributed by atoms with E-state index in [4.69, 9.17) is 10.5 Å². The molecule has 0 unspecified atom stereocenters. The molecule has 1 aromatic carbocycles. The van der Waals surface area contributed by atoms with Gasteiger partial charge in [0, 0.05) is 31.4 Å². The summed E-state index contributed by atoms with van der Waals surface area (Å²) in [6.45, 7) is 0.999. The lowest BCUT2D eigenvalue weighted by Crippen LogP contribution is -2.56. The first-order valence-corrected chi connectivity index (χ1v) is 8.11. The molecule has 2 heterocycles. The van der Waals surface area contributed by atoms with Crippen LogP contribution in [-0.4, -0.2) is 47.4 Å². The third-order valence-corrected chi connectivity index (χ3v) is 4.80. The highest BCUT2D eigenvalue weighted by Crippen LogP contribution is 2.44. The van der Waals surface area contributed by atoms with E-state index in [2.05, 4.69) is 0 Å². The van der Waals surface area contributed by atoms with E-state index in [1.165, 1.54) is 13.3 Å². The monoisotopic (exact) mass is 365 g/mol. The van der Waals surface area contributed by atoms with E-state index in [1.807, 2.05) is 0 Å². The smallest absolute Gasteiger partial charge is 0.341 e. The molecule has 1 aromatic heterocycles. The molecule has 1 aliphatic heterocycles. The molecule has 1 saturated carbocycles. The molecule has 8 nitrogen and oxygen atoms in total. The number of carboxylic acid groups (broad SMARTS) is 1. The summed E-state index contributed by atoms with van der Waals surface area (Å²) < 4.78 is 22.0. The van der Waals surface area contributed by atoms with Crippen molar-refractivity contribution in [3.05, 3.63) is 33.9 Å². The number of carbonyl (C=O) groups is 1. The zero-order chi connectivity index (χ0) is 17.9. The van der Waals surface area contributed by atoms with Crippen molar-refractivity contribution in [1.82, 2.24) is 4.57 Å². The Kier molecular flexibility index (Phi) is 4.37. The maximum absolute atomic E-state index is 14.8. The highest BCUT2D eigenvalue weighted by molar-refractivity contribution is 5.97. The summed E-state index contributed by atoms with van der Waals surface area (Å²) in [5.41, 5.74) is 5.45. The predicted octanol–water partition coefficient (Wildman–Crippen LogP) is 0.505. The van der Waals surface area contributed by atoms with Crippen LogP contribution in [0.5, 0.6) is 5.75 Å². The second kappa shape index (κ2) is 6.26. The Bertz CT molecular complexity index is 948. The molecule has 26 heavy (non-hydrogen) atoms. The fourth-order valence-electron chi connectivity index (χ4n) is 3.42. The van der Waals surface area contributed by atoms with Gasteiger partial charge in [0.1, 0.15) is 11.3 Å². The summed E-state index contributed by atoms with van der Waals surface area (Å²) in [5.74, 6) is -1.68. The van der Waals surface area contributed by atoms with Gasteiger partial charge in [-0.1, -0.05) is 0 Å². The lowest BCUT2D eigenvalue weighted by Gasteiger charge is -2.39. The highest BCUT2D eigenvalue weighted by Gasteiger charge is 2.33. The van der Waals surface area contributed by atoms with Gasteiger partial charge in [-0.05, 0) is 18.9 Å². The molecular formula is C17H20FN3O5. The Balaban J connectivity index is 0.00000196. The van der Waals surface area contributed by atoms with Crippen LogP contribution in [0.25, 0.3) is 10.9 Å². The van der Waals surface area contributed by atoms with E-state index in [1.54, 1.807) is 9.47 Å². The first-order chi connectivity index (χ1) is 11.9. The van der Waals surface area contributed by atoms with Crippen LogP contribution in [0.4, 0.5) is 10.1 Å². The van der Waals surface area contributed by atoms with Crippen LogP contribution in [0.1, 0.15) is 29.2 Å². The van der Waals surface area contributed by atoms with Gasteiger partial charge in [0.2, 0.25) is 5.43 Å². The summed E-state index contributed by atoms with van der Waals surface area (Å²) in [6, 6.07) is 1.18. The van der Waals surface area contributed by atoms with Crippen LogP contribution >= 0.6 is 0 Å². The molecule has 2 aliphatic rings. The Morgan fingerprint density at radius 2 is 2.04 bits per heavy atom. The molecule has 1 saturated heterocycles. The van der Waals surface area contributed by atoms with Crippen LogP contribution in [0.3, 0.4) is 0 Å². The first kappa shape index (κ1) is 18.2.